The van der Waals surface area contributed by atoms with Crippen molar-refractivity contribution >= 4 is 23.1 Å². The van der Waals surface area contributed by atoms with E-state index in [1.165, 1.54) is 0 Å². The lowest BCUT2D eigenvalue weighted by Gasteiger charge is -2.47. The Morgan fingerprint density at radius 2 is 1.81 bits per heavy atom. The summed E-state index contributed by atoms with van der Waals surface area (Å²) in [7, 11) is 4.83. The van der Waals surface area contributed by atoms with Gasteiger partial charge in [0.1, 0.15) is 22.9 Å². The first-order valence-corrected chi connectivity index (χ1v) is 10.8. The molecule has 0 radical (unpaired) electrons. The molecule has 0 aliphatic carbocycles. The highest BCUT2D eigenvalue weighted by Crippen LogP contribution is 2.36. The second-order valence-electron chi connectivity index (χ2n) is 8.03. The van der Waals surface area contributed by atoms with Gasteiger partial charge < -0.3 is 29.7 Å². The van der Waals surface area contributed by atoms with Gasteiger partial charge in [-0.25, -0.2) is 0 Å². The van der Waals surface area contributed by atoms with Crippen LogP contribution in [0, 0.1) is 0 Å². The Hall–Kier alpha value is -3.26. The number of para-hydroxylation sites is 2. The third-order valence-corrected chi connectivity index (χ3v) is 5.95. The number of methoxy groups -OCH3 is 3. The topological polar surface area (TPSA) is 84.4 Å². The van der Waals surface area contributed by atoms with Gasteiger partial charge in [-0.3, -0.25) is 9.79 Å². The van der Waals surface area contributed by atoms with Crippen LogP contribution < -0.4 is 20.1 Å². The fourth-order valence-electron chi connectivity index (χ4n) is 4.34. The molecule has 2 heterocycles. The summed E-state index contributed by atoms with van der Waals surface area (Å²) >= 11 is 0. The lowest BCUT2D eigenvalue weighted by molar-refractivity contribution is 0.0693. The highest BCUT2D eigenvalue weighted by Gasteiger charge is 2.44. The zero-order valence-corrected chi connectivity index (χ0v) is 18.8. The fraction of sp³-hybridized carbons (Fsp3) is 0.417. The average Bonchev–Trinajstić information content (AvgIpc) is 2.83. The molecular weight excluding hydrogens is 408 g/mol. The van der Waals surface area contributed by atoms with Crippen molar-refractivity contribution in [2.45, 2.75) is 18.4 Å². The Labute approximate surface area is 188 Å². The van der Waals surface area contributed by atoms with E-state index in [-0.39, 0.29) is 5.91 Å². The number of anilines is 2. The molecule has 1 unspecified atom stereocenters. The van der Waals surface area contributed by atoms with Gasteiger partial charge in [0.2, 0.25) is 0 Å². The predicted octanol–water partition coefficient (Wildman–Crippen LogP) is 3.26. The summed E-state index contributed by atoms with van der Waals surface area (Å²) in [5.74, 6) is 1.97. The minimum absolute atomic E-state index is 0.0572. The molecule has 0 bridgehead atoms. The number of nitrogens with zero attached hydrogens (tertiary/aromatic N) is 2. The average molecular weight is 439 g/mol. The first-order valence-electron chi connectivity index (χ1n) is 10.8. The molecule has 32 heavy (non-hydrogen) atoms. The Morgan fingerprint density at radius 3 is 2.50 bits per heavy atom. The molecule has 1 fully saturated rings. The molecule has 4 rings (SSSR count). The van der Waals surface area contributed by atoms with Crippen molar-refractivity contribution in [2.75, 3.05) is 58.2 Å². The van der Waals surface area contributed by atoms with Gasteiger partial charge in [0, 0.05) is 25.3 Å². The van der Waals surface area contributed by atoms with Gasteiger partial charge in [-0.15, -0.1) is 0 Å². The number of amides is 1. The molecule has 2 aromatic rings. The quantitative estimate of drug-likeness (QED) is 0.674. The maximum absolute atomic E-state index is 13.5. The number of carbonyl (C=O) groups is 1. The smallest absolute Gasteiger partial charge is 0.254 e. The van der Waals surface area contributed by atoms with Gasteiger partial charge in [-0.1, -0.05) is 12.1 Å². The Balaban J connectivity index is 1.64. The van der Waals surface area contributed by atoms with E-state index < -0.39 is 5.54 Å². The molecular formula is C24H30N4O4. The molecule has 8 heteroatoms. The normalized spacial score (nSPS) is 21.0. The standard InChI is InChI=1S/C24H30N4O4/c1-30-12-10-25-23-24(27-21-8-5-4-7-20(21)26-23)9-6-11-28(16-24)22(29)17-13-18(31-2)15-19(14-17)32-3/h4-5,7-8,13-15,27H,6,9-12,16H2,1-3H3,(H,25,26). The van der Waals surface area contributed by atoms with Gasteiger partial charge in [-0.05, 0) is 37.1 Å². The number of piperidine rings is 1. The van der Waals surface area contributed by atoms with E-state index in [4.69, 9.17) is 19.2 Å². The van der Waals surface area contributed by atoms with Crippen molar-refractivity contribution in [3.8, 4) is 11.5 Å². The summed E-state index contributed by atoms with van der Waals surface area (Å²) in [5.41, 5.74) is 2.05. The van der Waals surface area contributed by atoms with Gasteiger partial charge in [0.25, 0.3) is 5.91 Å². The van der Waals surface area contributed by atoms with Crippen molar-refractivity contribution in [3.63, 3.8) is 0 Å². The largest absolute Gasteiger partial charge is 0.497 e. The SMILES string of the molecule is COCCN=C1Nc2ccccc2NC12CCCN(C(=O)c1cc(OC)cc(OC)c1)C2. The number of hydrogen-bond donors (Lipinski definition) is 2. The summed E-state index contributed by atoms with van der Waals surface area (Å²) in [5, 5.41) is 7.20. The molecule has 1 spiro atoms. The number of carbonyl (C=O) groups excluding carboxylic acids is 1. The van der Waals surface area contributed by atoms with Crippen molar-refractivity contribution < 1.29 is 19.0 Å². The van der Waals surface area contributed by atoms with E-state index in [2.05, 4.69) is 10.6 Å². The van der Waals surface area contributed by atoms with E-state index in [1.807, 2.05) is 29.2 Å². The molecule has 1 saturated heterocycles. The van der Waals surface area contributed by atoms with Crippen molar-refractivity contribution in [1.29, 1.82) is 0 Å². The molecule has 2 aliphatic heterocycles. The van der Waals surface area contributed by atoms with Crippen LogP contribution in [0.1, 0.15) is 23.2 Å². The highest BCUT2D eigenvalue weighted by atomic mass is 16.5. The molecule has 2 aromatic carbocycles. The van der Waals surface area contributed by atoms with E-state index in [0.29, 0.717) is 43.3 Å². The number of benzene rings is 2. The van der Waals surface area contributed by atoms with Crippen LogP contribution in [0.3, 0.4) is 0 Å². The van der Waals surface area contributed by atoms with Crippen molar-refractivity contribution in [2.24, 2.45) is 4.99 Å². The molecule has 0 aromatic heterocycles. The highest BCUT2D eigenvalue weighted by molar-refractivity contribution is 6.10. The zero-order chi connectivity index (χ0) is 22.6. The molecule has 2 aliphatic rings. The van der Waals surface area contributed by atoms with Crippen LogP contribution in [0.2, 0.25) is 0 Å². The van der Waals surface area contributed by atoms with Crippen LogP contribution in [0.15, 0.2) is 47.5 Å². The number of ether oxygens (including phenoxy) is 3. The molecule has 0 saturated carbocycles. The molecule has 170 valence electrons. The second kappa shape index (κ2) is 9.48. The van der Waals surface area contributed by atoms with E-state index in [9.17, 15) is 4.79 Å². The molecule has 1 atom stereocenters. The van der Waals surface area contributed by atoms with Crippen LogP contribution in [-0.4, -0.2) is 69.8 Å². The van der Waals surface area contributed by atoms with Crippen molar-refractivity contribution in [1.82, 2.24) is 4.90 Å². The van der Waals surface area contributed by atoms with Crippen LogP contribution in [0.5, 0.6) is 11.5 Å². The predicted molar refractivity (Wildman–Crippen MR) is 125 cm³/mol. The second-order valence-corrected chi connectivity index (χ2v) is 8.03. The maximum atomic E-state index is 13.5. The number of nitrogens with one attached hydrogen (secondary N) is 2. The Kier molecular flexibility index (Phi) is 6.50. The van der Waals surface area contributed by atoms with Gasteiger partial charge in [0.15, 0.2) is 0 Å². The Bertz CT molecular complexity index is 987. The van der Waals surface area contributed by atoms with E-state index in [1.54, 1.807) is 39.5 Å². The molecule has 8 nitrogen and oxygen atoms in total. The van der Waals surface area contributed by atoms with Crippen LogP contribution >= 0.6 is 0 Å². The summed E-state index contributed by atoms with van der Waals surface area (Å²) in [6.45, 7) is 2.26. The Morgan fingerprint density at radius 1 is 1.09 bits per heavy atom. The number of likely N-dealkylation sites (tertiary alicyclic amines) is 1. The zero-order valence-electron chi connectivity index (χ0n) is 18.8. The molecule has 1 amide bonds. The summed E-state index contributed by atoms with van der Waals surface area (Å²) in [4.78, 5) is 20.2. The first-order chi connectivity index (χ1) is 15.6. The van der Waals surface area contributed by atoms with Crippen LogP contribution in [0.25, 0.3) is 0 Å². The van der Waals surface area contributed by atoms with E-state index in [0.717, 1.165) is 30.1 Å². The van der Waals surface area contributed by atoms with E-state index >= 15 is 0 Å². The summed E-state index contributed by atoms with van der Waals surface area (Å²) in [6, 6.07) is 13.3. The minimum atomic E-state index is -0.487. The van der Waals surface area contributed by atoms with Gasteiger partial charge >= 0.3 is 0 Å². The third-order valence-electron chi connectivity index (χ3n) is 5.95. The number of amidine groups is 1. The number of rotatable bonds is 6. The van der Waals surface area contributed by atoms with Crippen molar-refractivity contribution in [3.05, 3.63) is 48.0 Å². The number of fused-ring (bicyclic) bond motifs is 1. The number of hydrogen-bond acceptors (Lipinski definition) is 6. The first kappa shape index (κ1) is 22.0. The van der Waals surface area contributed by atoms with Crippen LogP contribution in [0.4, 0.5) is 11.4 Å². The maximum Gasteiger partial charge on any atom is 0.254 e. The summed E-state index contributed by atoms with van der Waals surface area (Å²) in [6.07, 6.45) is 1.72. The lowest BCUT2D eigenvalue weighted by atomic mass is 9.84. The molecule has 2 N–H and O–H groups in total. The summed E-state index contributed by atoms with van der Waals surface area (Å²) < 4.78 is 15.9. The third kappa shape index (κ3) is 4.36. The van der Waals surface area contributed by atoms with Crippen LogP contribution in [-0.2, 0) is 4.74 Å². The fourth-order valence-corrected chi connectivity index (χ4v) is 4.34. The van der Waals surface area contributed by atoms with Gasteiger partial charge in [0.05, 0.1) is 45.3 Å². The lowest BCUT2D eigenvalue weighted by Crippen LogP contribution is -2.62. The van der Waals surface area contributed by atoms with Gasteiger partial charge in [-0.2, -0.15) is 0 Å². The minimum Gasteiger partial charge on any atom is -0.497 e. The monoisotopic (exact) mass is 438 g/mol. The number of aliphatic imine (C=N–C) groups is 1.